The summed E-state index contributed by atoms with van der Waals surface area (Å²) in [5.74, 6) is -0.651. The maximum absolute atomic E-state index is 12.0. The molecule has 0 aromatic heterocycles. The second-order valence-electron chi connectivity index (χ2n) is 4.67. The normalized spacial score (nSPS) is 11.3. The van der Waals surface area contributed by atoms with E-state index < -0.39 is 5.91 Å². The van der Waals surface area contributed by atoms with E-state index in [1.54, 1.807) is 6.92 Å². The predicted molar refractivity (Wildman–Crippen MR) is 84.0 cm³/mol. The molecule has 5 heteroatoms. The lowest BCUT2D eigenvalue weighted by molar-refractivity contribution is 0.0952. The topological polar surface area (TPSA) is 61.7 Å². The number of carbonyl (C=O) groups excluding carboxylic acids is 1. The van der Waals surface area contributed by atoms with Crippen molar-refractivity contribution in [3.63, 3.8) is 0 Å². The molecule has 0 spiro atoms. The van der Waals surface area contributed by atoms with Gasteiger partial charge in [0.05, 0.1) is 11.3 Å². The zero-order valence-corrected chi connectivity index (χ0v) is 12.5. The van der Waals surface area contributed by atoms with Gasteiger partial charge in [-0.15, -0.1) is 0 Å². The Morgan fingerprint density at radius 3 is 2.71 bits per heavy atom. The monoisotopic (exact) mass is 302 g/mol. The zero-order chi connectivity index (χ0) is 15.4. The third kappa shape index (κ3) is 3.83. The van der Waals surface area contributed by atoms with Crippen LogP contribution in [0.5, 0.6) is 5.75 Å². The van der Waals surface area contributed by atoms with Crippen LogP contribution in [-0.4, -0.2) is 16.7 Å². The average molecular weight is 303 g/mol. The van der Waals surface area contributed by atoms with Crippen molar-refractivity contribution < 1.29 is 9.90 Å². The van der Waals surface area contributed by atoms with E-state index in [-0.39, 0.29) is 11.3 Å². The number of benzene rings is 2. The molecule has 4 nitrogen and oxygen atoms in total. The van der Waals surface area contributed by atoms with Crippen molar-refractivity contribution in [1.82, 2.24) is 5.43 Å². The fourth-order valence-electron chi connectivity index (χ4n) is 1.82. The van der Waals surface area contributed by atoms with Crippen molar-refractivity contribution >= 4 is 23.2 Å². The van der Waals surface area contributed by atoms with Gasteiger partial charge in [-0.05, 0) is 37.6 Å². The first kappa shape index (κ1) is 15.1. The van der Waals surface area contributed by atoms with Gasteiger partial charge in [-0.25, -0.2) is 5.43 Å². The van der Waals surface area contributed by atoms with E-state index in [1.807, 2.05) is 31.2 Å². The van der Waals surface area contributed by atoms with E-state index in [0.717, 1.165) is 11.1 Å². The Morgan fingerprint density at radius 2 is 2.00 bits per heavy atom. The summed E-state index contributed by atoms with van der Waals surface area (Å²) >= 11 is 5.81. The maximum atomic E-state index is 12.0. The molecule has 2 aromatic carbocycles. The van der Waals surface area contributed by atoms with Gasteiger partial charge in [-0.3, -0.25) is 4.79 Å². The first-order valence-electron chi connectivity index (χ1n) is 6.37. The Bertz CT molecular complexity index is 711. The number of rotatable bonds is 3. The van der Waals surface area contributed by atoms with Crippen LogP contribution >= 0.6 is 11.6 Å². The second kappa shape index (κ2) is 6.41. The van der Waals surface area contributed by atoms with Gasteiger partial charge in [0.25, 0.3) is 5.91 Å². The van der Waals surface area contributed by atoms with Crippen LogP contribution in [0.3, 0.4) is 0 Å². The number of nitrogens with zero attached hydrogens (tertiary/aromatic N) is 1. The molecule has 1 amide bonds. The molecule has 0 atom stereocenters. The van der Waals surface area contributed by atoms with Gasteiger partial charge >= 0.3 is 0 Å². The lowest BCUT2D eigenvalue weighted by atomic mass is 10.1. The van der Waals surface area contributed by atoms with Crippen LogP contribution in [0.15, 0.2) is 47.6 Å². The Morgan fingerprint density at radius 1 is 1.24 bits per heavy atom. The largest absolute Gasteiger partial charge is 0.507 e. The minimum Gasteiger partial charge on any atom is -0.507 e. The minimum absolute atomic E-state index is 0.0864. The molecule has 0 heterocycles. The molecule has 2 N–H and O–H groups in total. The summed E-state index contributed by atoms with van der Waals surface area (Å²) in [5, 5.41) is 14.1. The summed E-state index contributed by atoms with van der Waals surface area (Å²) in [6.07, 6.45) is 0. The van der Waals surface area contributed by atoms with Crippen LogP contribution in [0.4, 0.5) is 0 Å². The maximum Gasteiger partial charge on any atom is 0.275 e. The molecule has 0 unspecified atom stereocenters. The van der Waals surface area contributed by atoms with Crippen molar-refractivity contribution in [2.45, 2.75) is 13.8 Å². The number of carbonyl (C=O) groups is 1. The summed E-state index contributed by atoms with van der Waals surface area (Å²) in [6, 6.07) is 12.1. The molecular formula is C16H15ClN2O2. The van der Waals surface area contributed by atoms with E-state index in [2.05, 4.69) is 10.5 Å². The highest BCUT2D eigenvalue weighted by molar-refractivity contribution is 6.31. The van der Waals surface area contributed by atoms with E-state index in [4.69, 9.17) is 11.6 Å². The number of aromatic hydroxyl groups is 1. The molecule has 2 rings (SSSR count). The van der Waals surface area contributed by atoms with Crippen molar-refractivity contribution in [3.05, 3.63) is 64.2 Å². The molecule has 0 radical (unpaired) electrons. The minimum atomic E-state index is -0.512. The van der Waals surface area contributed by atoms with Crippen molar-refractivity contribution in [2.75, 3.05) is 0 Å². The lowest BCUT2D eigenvalue weighted by Crippen LogP contribution is -2.19. The number of phenolic OH excluding ortho intramolecular Hbond substituents is 1. The Labute approximate surface area is 128 Å². The third-order valence-corrected chi connectivity index (χ3v) is 3.20. The van der Waals surface area contributed by atoms with Crippen LogP contribution in [0.1, 0.15) is 28.4 Å². The van der Waals surface area contributed by atoms with Gasteiger partial charge in [0.1, 0.15) is 5.75 Å². The SMILES string of the molecule is C/C(=N\NC(=O)c1cc(Cl)ccc1O)c1cccc(C)c1. The Hall–Kier alpha value is -2.33. The fraction of sp³-hybridized carbons (Fsp3) is 0.125. The van der Waals surface area contributed by atoms with E-state index in [9.17, 15) is 9.90 Å². The van der Waals surface area contributed by atoms with Crippen molar-refractivity contribution in [2.24, 2.45) is 5.10 Å². The molecule has 0 aliphatic rings. The van der Waals surface area contributed by atoms with Gasteiger partial charge in [0, 0.05) is 5.02 Å². The van der Waals surface area contributed by atoms with E-state index >= 15 is 0 Å². The van der Waals surface area contributed by atoms with Crippen LogP contribution in [0, 0.1) is 6.92 Å². The van der Waals surface area contributed by atoms with E-state index in [0.29, 0.717) is 10.7 Å². The third-order valence-electron chi connectivity index (χ3n) is 2.96. The number of nitrogens with one attached hydrogen (secondary N) is 1. The van der Waals surface area contributed by atoms with Crippen LogP contribution < -0.4 is 5.43 Å². The number of aryl methyl sites for hydroxylation is 1. The summed E-state index contributed by atoms with van der Waals surface area (Å²) in [6.45, 7) is 3.78. The average Bonchev–Trinajstić information content (AvgIpc) is 2.47. The number of hydrazone groups is 1. The number of hydrogen-bond acceptors (Lipinski definition) is 3. The first-order valence-corrected chi connectivity index (χ1v) is 6.75. The molecule has 0 aliphatic carbocycles. The van der Waals surface area contributed by atoms with Gasteiger partial charge < -0.3 is 5.11 Å². The molecule has 0 fully saturated rings. The van der Waals surface area contributed by atoms with Gasteiger partial charge in [0.2, 0.25) is 0 Å². The van der Waals surface area contributed by atoms with E-state index in [1.165, 1.54) is 18.2 Å². The fourth-order valence-corrected chi connectivity index (χ4v) is 1.99. The molecule has 0 aliphatic heterocycles. The summed E-state index contributed by atoms with van der Waals surface area (Å²) in [5.41, 5.74) is 5.21. The number of phenols is 1. The standard InChI is InChI=1S/C16H15ClN2O2/c1-10-4-3-5-12(8-10)11(2)18-19-16(21)14-9-13(17)6-7-15(14)20/h3-9,20H,1-2H3,(H,19,21)/b18-11+. The highest BCUT2D eigenvalue weighted by atomic mass is 35.5. The molecule has 0 bridgehead atoms. The molecular weight excluding hydrogens is 288 g/mol. The highest BCUT2D eigenvalue weighted by Gasteiger charge is 2.11. The van der Waals surface area contributed by atoms with Crippen LogP contribution in [-0.2, 0) is 0 Å². The number of amides is 1. The number of halogens is 1. The quantitative estimate of drug-likeness (QED) is 0.673. The van der Waals surface area contributed by atoms with Crippen molar-refractivity contribution in [3.8, 4) is 5.75 Å². The Kier molecular flexibility index (Phi) is 4.60. The molecule has 21 heavy (non-hydrogen) atoms. The Balaban J connectivity index is 2.16. The second-order valence-corrected chi connectivity index (χ2v) is 5.11. The molecule has 108 valence electrons. The predicted octanol–water partition coefficient (Wildman–Crippen LogP) is 3.51. The molecule has 0 saturated heterocycles. The summed E-state index contributed by atoms with van der Waals surface area (Å²) in [4.78, 5) is 12.0. The lowest BCUT2D eigenvalue weighted by Gasteiger charge is -2.05. The van der Waals surface area contributed by atoms with Crippen LogP contribution in [0.2, 0.25) is 5.02 Å². The number of hydrogen-bond donors (Lipinski definition) is 2. The first-order chi connectivity index (χ1) is 9.97. The summed E-state index contributed by atoms with van der Waals surface area (Å²) < 4.78 is 0. The van der Waals surface area contributed by atoms with Gasteiger partial charge in [-0.2, -0.15) is 5.10 Å². The molecule has 2 aromatic rings. The van der Waals surface area contributed by atoms with Crippen LogP contribution in [0.25, 0.3) is 0 Å². The highest BCUT2D eigenvalue weighted by Crippen LogP contribution is 2.21. The van der Waals surface area contributed by atoms with Gasteiger partial charge in [-0.1, -0.05) is 41.4 Å². The smallest absolute Gasteiger partial charge is 0.275 e. The van der Waals surface area contributed by atoms with Gasteiger partial charge in [0.15, 0.2) is 0 Å². The zero-order valence-electron chi connectivity index (χ0n) is 11.7. The van der Waals surface area contributed by atoms with Crippen molar-refractivity contribution in [1.29, 1.82) is 0 Å². The molecule has 0 saturated carbocycles. The summed E-state index contributed by atoms with van der Waals surface area (Å²) in [7, 11) is 0.